The fraction of sp³-hybridized carbons (Fsp3) is 1.00. The topological polar surface area (TPSA) is 29.3 Å². The molecule has 1 saturated heterocycles. The van der Waals surface area contributed by atoms with Gasteiger partial charge in [0.15, 0.2) is 0 Å². The fourth-order valence-corrected chi connectivity index (χ4v) is 3.32. The van der Waals surface area contributed by atoms with E-state index < -0.39 is 0 Å². The molecule has 0 spiro atoms. The van der Waals surface area contributed by atoms with Crippen LogP contribution in [-0.2, 0) is 0 Å². The van der Waals surface area contributed by atoms with Gasteiger partial charge >= 0.3 is 0 Å². The Kier molecular flexibility index (Phi) is 6.78. The Morgan fingerprint density at radius 2 is 2.19 bits per heavy atom. The van der Waals surface area contributed by atoms with Crippen LogP contribution in [0, 0.1) is 5.92 Å². The molecule has 0 aromatic rings. The lowest BCUT2D eigenvalue weighted by Gasteiger charge is -2.34. The van der Waals surface area contributed by atoms with Gasteiger partial charge in [-0.2, -0.15) is 11.8 Å². The van der Waals surface area contributed by atoms with Gasteiger partial charge in [0.2, 0.25) is 0 Å². The van der Waals surface area contributed by atoms with Gasteiger partial charge in [0, 0.05) is 18.6 Å². The van der Waals surface area contributed by atoms with Crippen molar-refractivity contribution in [1.29, 1.82) is 0 Å². The molecular formula is C13H28N2S. The molecule has 0 amide bonds. The third-order valence-corrected chi connectivity index (χ3v) is 4.44. The van der Waals surface area contributed by atoms with Crippen LogP contribution in [-0.4, -0.2) is 42.1 Å². The number of nitrogens with two attached hydrogens (primary N) is 1. The molecule has 1 heterocycles. The number of hydrogen-bond acceptors (Lipinski definition) is 3. The standard InChI is InChI=1S/C13H28N2S/c1-11(2)13-7-4-8-15(13)12(10-14)6-5-9-16-3/h11-13H,4-10,14H2,1-3H3. The molecule has 0 radical (unpaired) electrons. The molecule has 0 aliphatic carbocycles. The Labute approximate surface area is 105 Å². The van der Waals surface area contributed by atoms with Crippen LogP contribution in [0.25, 0.3) is 0 Å². The number of hydrogen-bond donors (Lipinski definition) is 1. The van der Waals surface area contributed by atoms with Crippen LogP contribution in [0.5, 0.6) is 0 Å². The van der Waals surface area contributed by atoms with Crippen LogP contribution in [0.15, 0.2) is 0 Å². The second-order valence-electron chi connectivity index (χ2n) is 5.22. The predicted octanol–water partition coefficient (Wildman–Crippen LogP) is 2.58. The van der Waals surface area contributed by atoms with Gasteiger partial charge in [-0.1, -0.05) is 13.8 Å². The summed E-state index contributed by atoms with van der Waals surface area (Å²) in [6.45, 7) is 6.79. The van der Waals surface area contributed by atoms with Gasteiger partial charge in [0.05, 0.1) is 0 Å². The third-order valence-electron chi connectivity index (χ3n) is 3.74. The predicted molar refractivity (Wildman–Crippen MR) is 75.0 cm³/mol. The highest BCUT2D eigenvalue weighted by molar-refractivity contribution is 7.98. The van der Waals surface area contributed by atoms with Crippen molar-refractivity contribution in [2.24, 2.45) is 11.7 Å². The lowest BCUT2D eigenvalue weighted by Crippen LogP contribution is -2.45. The van der Waals surface area contributed by atoms with Crippen molar-refractivity contribution in [1.82, 2.24) is 4.90 Å². The first kappa shape index (κ1) is 14.3. The number of likely N-dealkylation sites (tertiary alicyclic amines) is 1. The number of thioether (sulfide) groups is 1. The summed E-state index contributed by atoms with van der Waals surface area (Å²) in [4.78, 5) is 2.69. The van der Waals surface area contributed by atoms with E-state index >= 15 is 0 Å². The zero-order valence-electron chi connectivity index (χ0n) is 11.1. The van der Waals surface area contributed by atoms with Crippen molar-refractivity contribution in [3.63, 3.8) is 0 Å². The van der Waals surface area contributed by atoms with Gasteiger partial charge in [0.25, 0.3) is 0 Å². The Bertz CT molecular complexity index is 185. The molecule has 96 valence electrons. The zero-order chi connectivity index (χ0) is 12.0. The summed E-state index contributed by atoms with van der Waals surface area (Å²) in [5.41, 5.74) is 5.95. The average Bonchev–Trinajstić information content (AvgIpc) is 2.73. The molecule has 0 bridgehead atoms. The van der Waals surface area contributed by atoms with Crippen LogP contribution in [0.3, 0.4) is 0 Å². The summed E-state index contributed by atoms with van der Waals surface area (Å²) in [5, 5.41) is 0. The van der Waals surface area contributed by atoms with Crippen LogP contribution < -0.4 is 5.73 Å². The first-order valence-corrected chi connectivity index (χ1v) is 8.04. The molecule has 1 rings (SSSR count). The molecule has 2 N–H and O–H groups in total. The first-order valence-electron chi connectivity index (χ1n) is 6.65. The van der Waals surface area contributed by atoms with E-state index in [1.165, 1.54) is 38.0 Å². The van der Waals surface area contributed by atoms with Crippen LogP contribution in [0.4, 0.5) is 0 Å². The maximum absolute atomic E-state index is 5.95. The SMILES string of the molecule is CSCCCC(CN)N1CCCC1C(C)C. The molecule has 2 unspecified atom stereocenters. The van der Waals surface area contributed by atoms with Crippen molar-refractivity contribution in [3.05, 3.63) is 0 Å². The lowest BCUT2D eigenvalue weighted by molar-refractivity contribution is 0.142. The van der Waals surface area contributed by atoms with Crippen molar-refractivity contribution >= 4 is 11.8 Å². The largest absolute Gasteiger partial charge is 0.329 e. The van der Waals surface area contributed by atoms with Crippen molar-refractivity contribution < 1.29 is 0 Å². The second kappa shape index (κ2) is 7.57. The summed E-state index contributed by atoms with van der Waals surface area (Å²) in [5.74, 6) is 2.05. The quantitative estimate of drug-likeness (QED) is 0.698. The van der Waals surface area contributed by atoms with E-state index in [1.54, 1.807) is 0 Å². The van der Waals surface area contributed by atoms with Gasteiger partial charge in [-0.25, -0.2) is 0 Å². The highest BCUT2D eigenvalue weighted by Crippen LogP contribution is 2.27. The van der Waals surface area contributed by atoms with Gasteiger partial charge in [-0.05, 0) is 50.2 Å². The summed E-state index contributed by atoms with van der Waals surface area (Å²) in [6.07, 6.45) is 7.51. The van der Waals surface area contributed by atoms with E-state index in [1.807, 2.05) is 11.8 Å². The van der Waals surface area contributed by atoms with E-state index in [9.17, 15) is 0 Å². The maximum Gasteiger partial charge on any atom is 0.0221 e. The maximum atomic E-state index is 5.95. The molecule has 0 saturated carbocycles. The van der Waals surface area contributed by atoms with Crippen molar-refractivity contribution in [3.8, 4) is 0 Å². The highest BCUT2D eigenvalue weighted by Gasteiger charge is 2.31. The summed E-state index contributed by atoms with van der Waals surface area (Å²) >= 11 is 1.94. The molecule has 2 nitrogen and oxygen atoms in total. The molecule has 3 heteroatoms. The van der Waals surface area contributed by atoms with E-state index in [0.717, 1.165) is 18.5 Å². The summed E-state index contributed by atoms with van der Waals surface area (Å²) < 4.78 is 0. The van der Waals surface area contributed by atoms with E-state index in [2.05, 4.69) is 25.0 Å². The number of rotatable bonds is 7. The first-order chi connectivity index (χ1) is 7.70. The lowest BCUT2D eigenvalue weighted by atomic mass is 9.99. The minimum absolute atomic E-state index is 0.627. The minimum Gasteiger partial charge on any atom is -0.329 e. The fourth-order valence-electron chi connectivity index (χ4n) is 2.87. The highest BCUT2D eigenvalue weighted by atomic mass is 32.2. The molecular weight excluding hydrogens is 216 g/mol. The van der Waals surface area contributed by atoms with Gasteiger partial charge in [-0.3, -0.25) is 4.90 Å². The van der Waals surface area contributed by atoms with Crippen molar-refractivity contribution in [2.45, 2.75) is 51.6 Å². The molecule has 16 heavy (non-hydrogen) atoms. The van der Waals surface area contributed by atoms with Gasteiger partial charge in [0.1, 0.15) is 0 Å². The Hall–Kier alpha value is 0.270. The van der Waals surface area contributed by atoms with E-state index in [-0.39, 0.29) is 0 Å². The molecule has 1 fully saturated rings. The van der Waals surface area contributed by atoms with Crippen LogP contribution in [0.1, 0.15) is 39.5 Å². The summed E-state index contributed by atoms with van der Waals surface area (Å²) in [7, 11) is 0. The number of nitrogens with zero attached hydrogens (tertiary/aromatic N) is 1. The molecule has 0 aromatic carbocycles. The zero-order valence-corrected chi connectivity index (χ0v) is 11.9. The summed E-state index contributed by atoms with van der Waals surface area (Å²) in [6, 6.07) is 1.41. The minimum atomic E-state index is 0.627. The molecule has 1 aliphatic rings. The van der Waals surface area contributed by atoms with Gasteiger partial charge in [-0.15, -0.1) is 0 Å². The second-order valence-corrected chi connectivity index (χ2v) is 6.20. The molecule has 0 aromatic heterocycles. The molecule has 2 atom stereocenters. The van der Waals surface area contributed by atoms with Crippen LogP contribution >= 0.6 is 11.8 Å². The Morgan fingerprint density at radius 1 is 1.44 bits per heavy atom. The average molecular weight is 244 g/mol. The third kappa shape index (κ3) is 3.94. The Balaban J connectivity index is 2.44. The Morgan fingerprint density at radius 3 is 2.75 bits per heavy atom. The van der Waals surface area contributed by atoms with E-state index in [4.69, 9.17) is 5.73 Å². The van der Waals surface area contributed by atoms with Crippen LogP contribution in [0.2, 0.25) is 0 Å². The van der Waals surface area contributed by atoms with Gasteiger partial charge < -0.3 is 5.73 Å². The van der Waals surface area contributed by atoms with Crippen molar-refractivity contribution in [2.75, 3.05) is 25.1 Å². The monoisotopic (exact) mass is 244 g/mol. The normalized spacial score (nSPS) is 24.2. The smallest absolute Gasteiger partial charge is 0.0221 e. The van der Waals surface area contributed by atoms with E-state index in [0.29, 0.717) is 6.04 Å². The molecule has 1 aliphatic heterocycles.